The summed E-state index contributed by atoms with van der Waals surface area (Å²) in [4.78, 5) is 0. The van der Waals surface area contributed by atoms with Gasteiger partial charge in [0.05, 0.1) is 0 Å². The number of hydrogen-bond acceptors (Lipinski definition) is 0. The first-order valence-electron chi connectivity index (χ1n) is 4.51. The maximum Gasteiger partial charge on any atom is -0.0219 e. The summed E-state index contributed by atoms with van der Waals surface area (Å²) >= 11 is 0. The molecule has 0 aliphatic carbocycles. The SMILES string of the molecule is C=C/C(=C\C(=C)C(C)C)C(C)C. The van der Waals surface area contributed by atoms with Crippen LogP contribution in [-0.2, 0) is 0 Å². The average Bonchev–Trinajstić information content (AvgIpc) is 1.98. The molecule has 0 nitrogen and oxygen atoms in total. The molecule has 0 saturated heterocycles. The minimum absolute atomic E-state index is 0.527. The molecule has 0 unspecified atom stereocenters. The van der Waals surface area contributed by atoms with E-state index in [0.29, 0.717) is 11.8 Å². The van der Waals surface area contributed by atoms with Crippen molar-refractivity contribution in [3.05, 3.63) is 36.5 Å². The van der Waals surface area contributed by atoms with Crippen molar-refractivity contribution >= 4 is 0 Å². The molecule has 0 N–H and O–H groups in total. The van der Waals surface area contributed by atoms with E-state index in [-0.39, 0.29) is 0 Å². The van der Waals surface area contributed by atoms with Crippen LogP contribution in [0.4, 0.5) is 0 Å². The minimum atomic E-state index is 0.527. The van der Waals surface area contributed by atoms with E-state index in [0.717, 1.165) is 0 Å². The highest BCUT2D eigenvalue weighted by Gasteiger charge is 2.01. The molecular weight excluding hydrogens is 144 g/mol. The molecule has 0 spiro atoms. The second-order valence-corrected chi connectivity index (χ2v) is 3.73. The van der Waals surface area contributed by atoms with E-state index in [4.69, 9.17) is 0 Å². The molecule has 12 heavy (non-hydrogen) atoms. The molecule has 0 bridgehead atoms. The molecule has 0 aliphatic rings. The van der Waals surface area contributed by atoms with Crippen LogP contribution in [0, 0.1) is 11.8 Å². The molecule has 0 rings (SSSR count). The van der Waals surface area contributed by atoms with Gasteiger partial charge in [0.1, 0.15) is 0 Å². The smallest absolute Gasteiger partial charge is 0.0219 e. The summed E-state index contributed by atoms with van der Waals surface area (Å²) < 4.78 is 0. The molecule has 0 aromatic rings. The van der Waals surface area contributed by atoms with Gasteiger partial charge in [-0.1, -0.05) is 58.6 Å². The zero-order valence-electron chi connectivity index (χ0n) is 8.72. The molecule has 0 aromatic heterocycles. The van der Waals surface area contributed by atoms with Gasteiger partial charge in [0.2, 0.25) is 0 Å². The molecule has 0 atom stereocenters. The van der Waals surface area contributed by atoms with Gasteiger partial charge in [-0.05, 0) is 17.4 Å². The molecule has 0 heterocycles. The summed E-state index contributed by atoms with van der Waals surface area (Å²) in [7, 11) is 0. The fourth-order valence-corrected chi connectivity index (χ4v) is 0.842. The molecular formula is C12H20. The van der Waals surface area contributed by atoms with E-state index < -0.39 is 0 Å². The molecule has 0 heteroatoms. The van der Waals surface area contributed by atoms with Gasteiger partial charge in [0.15, 0.2) is 0 Å². The standard InChI is InChI=1S/C12H20/c1-7-12(10(4)5)8-11(6)9(2)3/h7-10H,1,6H2,2-5H3/b12-8+. The van der Waals surface area contributed by atoms with E-state index in [9.17, 15) is 0 Å². The number of rotatable bonds is 4. The summed E-state index contributed by atoms with van der Waals surface area (Å²) in [6, 6.07) is 0. The minimum Gasteiger partial charge on any atom is -0.0988 e. The maximum absolute atomic E-state index is 4.00. The van der Waals surface area contributed by atoms with Crippen LogP contribution in [0.1, 0.15) is 27.7 Å². The van der Waals surface area contributed by atoms with Crippen LogP contribution in [0.25, 0.3) is 0 Å². The molecule has 0 fully saturated rings. The van der Waals surface area contributed by atoms with Crippen molar-refractivity contribution in [2.24, 2.45) is 11.8 Å². The van der Waals surface area contributed by atoms with Crippen LogP contribution in [-0.4, -0.2) is 0 Å². The van der Waals surface area contributed by atoms with Crippen LogP contribution >= 0.6 is 0 Å². The summed E-state index contributed by atoms with van der Waals surface area (Å²) in [6.45, 7) is 16.4. The summed E-state index contributed by atoms with van der Waals surface area (Å²) in [6.07, 6.45) is 4.06. The Morgan fingerprint density at radius 2 is 1.58 bits per heavy atom. The van der Waals surface area contributed by atoms with Crippen LogP contribution in [0.3, 0.4) is 0 Å². The Bertz CT molecular complexity index is 192. The lowest BCUT2D eigenvalue weighted by molar-refractivity contribution is 0.766. The Morgan fingerprint density at radius 1 is 1.08 bits per heavy atom. The Morgan fingerprint density at radius 3 is 1.83 bits per heavy atom. The first-order valence-corrected chi connectivity index (χ1v) is 4.51. The molecule has 68 valence electrons. The number of hydrogen-bond donors (Lipinski definition) is 0. The third-order valence-electron chi connectivity index (χ3n) is 2.00. The van der Waals surface area contributed by atoms with Crippen LogP contribution in [0.2, 0.25) is 0 Å². The lowest BCUT2D eigenvalue weighted by Crippen LogP contribution is -1.94. The summed E-state index contributed by atoms with van der Waals surface area (Å²) in [5.41, 5.74) is 2.45. The molecule has 0 radical (unpaired) electrons. The lowest BCUT2D eigenvalue weighted by Gasteiger charge is -2.09. The zero-order chi connectivity index (χ0) is 9.72. The van der Waals surface area contributed by atoms with Gasteiger partial charge in [-0.15, -0.1) is 0 Å². The third kappa shape index (κ3) is 3.56. The van der Waals surface area contributed by atoms with E-state index in [1.807, 2.05) is 6.08 Å². The highest BCUT2D eigenvalue weighted by molar-refractivity contribution is 5.29. The predicted molar refractivity (Wildman–Crippen MR) is 57.1 cm³/mol. The van der Waals surface area contributed by atoms with Gasteiger partial charge in [-0.25, -0.2) is 0 Å². The average molecular weight is 164 g/mol. The van der Waals surface area contributed by atoms with Gasteiger partial charge in [-0.2, -0.15) is 0 Å². The van der Waals surface area contributed by atoms with Crippen molar-refractivity contribution in [2.75, 3.05) is 0 Å². The monoisotopic (exact) mass is 164 g/mol. The van der Waals surface area contributed by atoms with Crippen molar-refractivity contribution in [1.29, 1.82) is 0 Å². The predicted octanol–water partition coefficient (Wildman–Crippen LogP) is 3.97. The van der Waals surface area contributed by atoms with E-state index >= 15 is 0 Å². The van der Waals surface area contributed by atoms with Crippen LogP contribution in [0.15, 0.2) is 36.5 Å². The molecule has 0 aromatic carbocycles. The Kier molecular flexibility index (Phi) is 4.65. The first kappa shape index (κ1) is 11.2. The Hall–Kier alpha value is -0.780. The Labute approximate surface area is 76.7 Å². The van der Waals surface area contributed by atoms with Crippen molar-refractivity contribution in [1.82, 2.24) is 0 Å². The van der Waals surface area contributed by atoms with E-state index in [2.05, 4.69) is 46.9 Å². The summed E-state index contributed by atoms with van der Waals surface area (Å²) in [5, 5.41) is 0. The second-order valence-electron chi connectivity index (χ2n) is 3.73. The quantitative estimate of drug-likeness (QED) is 0.551. The largest absolute Gasteiger partial charge is 0.0988 e. The fraction of sp³-hybridized carbons (Fsp3) is 0.500. The van der Waals surface area contributed by atoms with Gasteiger partial charge >= 0.3 is 0 Å². The topological polar surface area (TPSA) is 0 Å². The summed E-state index contributed by atoms with van der Waals surface area (Å²) in [5.74, 6) is 1.07. The van der Waals surface area contributed by atoms with Crippen molar-refractivity contribution in [3.8, 4) is 0 Å². The van der Waals surface area contributed by atoms with Crippen molar-refractivity contribution in [3.63, 3.8) is 0 Å². The van der Waals surface area contributed by atoms with Crippen molar-refractivity contribution < 1.29 is 0 Å². The lowest BCUT2D eigenvalue weighted by atomic mass is 9.97. The van der Waals surface area contributed by atoms with E-state index in [1.54, 1.807) is 0 Å². The third-order valence-corrected chi connectivity index (χ3v) is 2.00. The van der Waals surface area contributed by atoms with Gasteiger partial charge in [0.25, 0.3) is 0 Å². The second kappa shape index (κ2) is 4.97. The fourth-order valence-electron chi connectivity index (χ4n) is 0.842. The first-order chi connectivity index (χ1) is 5.49. The number of allylic oxidation sites excluding steroid dienone is 4. The maximum atomic E-state index is 4.00. The molecule has 0 aliphatic heterocycles. The van der Waals surface area contributed by atoms with Gasteiger partial charge in [0, 0.05) is 0 Å². The zero-order valence-corrected chi connectivity index (χ0v) is 8.72. The highest BCUT2D eigenvalue weighted by Crippen LogP contribution is 2.16. The molecule has 0 saturated carbocycles. The molecule has 0 amide bonds. The normalized spacial score (nSPS) is 12.3. The van der Waals surface area contributed by atoms with Crippen LogP contribution < -0.4 is 0 Å². The van der Waals surface area contributed by atoms with Crippen LogP contribution in [0.5, 0.6) is 0 Å². The van der Waals surface area contributed by atoms with Gasteiger partial charge < -0.3 is 0 Å². The Balaban J connectivity index is 4.49. The highest BCUT2D eigenvalue weighted by atomic mass is 14.1. The van der Waals surface area contributed by atoms with Crippen molar-refractivity contribution in [2.45, 2.75) is 27.7 Å². The van der Waals surface area contributed by atoms with E-state index in [1.165, 1.54) is 11.1 Å². The van der Waals surface area contributed by atoms with Gasteiger partial charge in [-0.3, -0.25) is 0 Å².